The lowest BCUT2D eigenvalue weighted by Gasteiger charge is -2.11. The molecule has 180 valence electrons. The maximum Gasteiger partial charge on any atom is 0.386 e. The quantitative estimate of drug-likeness (QED) is 0.530. The van der Waals surface area contributed by atoms with Crippen LogP contribution in [-0.4, -0.2) is 35.5 Å². The summed E-state index contributed by atoms with van der Waals surface area (Å²) >= 11 is 0. The Morgan fingerprint density at radius 1 is 1.12 bits per heavy atom. The van der Waals surface area contributed by atoms with Crippen molar-refractivity contribution in [1.82, 2.24) is 15.5 Å². The Kier molecular flexibility index (Phi) is 7.94. The summed E-state index contributed by atoms with van der Waals surface area (Å²) in [5.74, 6) is 1.52. The van der Waals surface area contributed by atoms with Gasteiger partial charge >= 0.3 is 6.18 Å². The van der Waals surface area contributed by atoms with Crippen molar-refractivity contribution in [3.05, 3.63) is 52.6 Å². The molecule has 2 heterocycles. The van der Waals surface area contributed by atoms with E-state index in [9.17, 15) is 18.4 Å². The van der Waals surface area contributed by atoms with Crippen LogP contribution >= 0.6 is 0 Å². The summed E-state index contributed by atoms with van der Waals surface area (Å²) in [5.41, 5.74) is 6.00. The molecular weight excluding hydrogens is 445 g/mol. The van der Waals surface area contributed by atoms with Gasteiger partial charge in [-0.3, -0.25) is 0 Å². The SMILES string of the molecule is CC(F)(F)F.Cc1cc2c(cc1-c1noc(-c3ccc(OC(C)C)c(C#N)c3)n1)CCNCC2. The van der Waals surface area contributed by atoms with Crippen molar-refractivity contribution in [2.24, 2.45) is 0 Å². The van der Waals surface area contributed by atoms with Crippen molar-refractivity contribution in [2.45, 2.75) is 52.8 Å². The molecule has 1 aliphatic rings. The Morgan fingerprint density at radius 2 is 1.76 bits per heavy atom. The highest BCUT2D eigenvalue weighted by Crippen LogP contribution is 2.30. The van der Waals surface area contributed by atoms with E-state index in [1.165, 1.54) is 11.1 Å². The summed E-state index contributed by atoms with van der Waals surface area (Å²) in [6.45, 7) is 8.12. The van der Waals surface area contributed by atoms with Crippen LogP contribution in [-0.2, 0) is 12.8 Å². The van der Waals surface area contributed by atoms with E-state index in [0.717, 1.165) is 37.1 Å². The number of ether oxygens (including phenoxy) is 1. The molecule has 0 fully saturated rings. The highest BCUT2D eigenvalue weighted by molar-refractivity contribution is 5.66. The number of hydrogen-bond donors (Lipinski definition) is 1. The smallest absolute Gasteiger partial charge is 0.386 e. The number of hydrogen-bond acceptors (Lipinski definition) is 6. The van der Waals surface area contributed by atoms with E-state index in [4.69, 9.17) is 9.26 Å². The van der Waals surface area contributed by atoms with Gasteiger partial charge in [0.25, 0.3) is 5.89 Å². The molecule has 4 rings (SSSR count). The van der Waals surface area contributed by atoms with Gasteiger partial charge in [0.15, 0.2) is 0 Å². The lowest BCUT2D eigenvalue weighted by Crippen LogP contribution is -2.16. The minimum Gasteiger partial charge on any atom is -0.490 e. The lowest BCUT2D eigenvalue weighted by molar-refractivity contribution is -0.110. The second-order valence-electron chi connectivity index (χ2n) is 8.38. The van der Waals surface area contributed by atoms with Gasteiger partial charge in [0.05, 0.1) is 11.7 Å². The third-order valence-electron chi connectivity index (χ3n) is 5.07. The Balaban J connectivity index is 0.000000588. The first kappa shape index (κ1) is 25.2. The van der Waals surface area contributed by atoms with Crippen molar-refractivity contribution in [2.75, 3.05) is 13.1 Å². The van der Waals surface area contributed by atoms with Crippen LogP contribution in [0.5, 0.6) is 5.75 Å². The Labute approximate surface area is 196 Å². The van der Waals surface area contributed by atoms with Gasteiger partial charge in [-0.05, 0) is 87.7 Å². The number of rotatable bonds is 4. The van der Waals surface area contributed by atoms with Crippen LogP contribution in [0.15, 0.2) is 34.9 Å². The van der Waals surface area contributed by atoms with Gasteiger partial charge in [-0.15, -0.1) is 0 Å². The van der Waals surface area contributed by atoms with Gasteiger partial charge in [-0.25, -0.2) is 0 Å². The summed E-state index contributed by atoms with van der Waals surface area (Å²) in [6, 6.07) is 11.9. The predicted octanol–water partition coefficient (Wildman–Crippen LogP) is 5.63. The first-order valence-corrected chi connectivity index (χ1v) is 11.0. The molecule has 1 aliphatic heterocycles. The first-order chi connectivity index (χ1) is 16.0. The number of nitrogens with one attached hydrogen (secondary N) is 1. The molecule has 9 heteroatoms. The third-order valence-corrected chi connectivity index (χ3v) is 5.07. The van der Waals surface area contributed by atoms with Crippen LogP contribution in [0.3, 0.4) is 0 Å². The van der Waals surface area contributed by atoms with E-state index in [-0.39, 0.29) is 13.0 Å². The molecule has 0 spiro atoms. The van der Waals surface area contributed by atoms with Crippen molar-refractivity contribution >= 4 is 0 Å². The largest absolute Gasteiger partial charge is 0.490 e. The number of aromatic nitrogens is 2. The minimum absolute atomic E-state index is 0.00524. The summed E-state index contributed by atoms with van der Waals surface area (Å²) in [7, 11) is 0. The molecule has 0 radical (unpaired) electrons. The summed E-state index contributed by atoms with van der Waals surface area (Å²) in [5, 5.41) is 17.1. The lowest BCUT2D eigenvalue weighted by atomic mass is 9.96. The number of nitrogens with zero attached hydrogens (tertiary/aromatic N) is 3. The van der Waals surface area contributed by atoms with E-state index in [2.05, 4.69) is 40.6 Å². The van der Waals surface area contributed by atoms with Crippen molar-refractivity contribution in [3.63, 3.8) is 0 Å². The molecular formula is C25H27F3N4O2. The van der Waals surface area contributed by atoms with Crippen LogP contribution in [0.4, 0.5) is 13.2 Å². The zero-order chi connectivity index (χ0) is 24.9. The molecule has 0 saturated heterocycles. The Morgan fingerprint density at radius 3 is 2.38 bits per heavy atom. The molecule has 1 aromatic heterocycles. The predicted molar refractivity (Wildman–Crippen MR) is 122 cm³/mol. The average Bonchev–Trinajstić information content (AvgIpc) is 3.12. The molecule has 0 unspecified atom stereocenters. The molecule has 0 saturated carbocycles. The monoisotopic (exact) mass is 472 g/mol. The molecule has 0 bridgehead atoms. The number of aryl methyl sites for hydroxylation is 1. The fourth-order valence-electron chi connectivity index (χ4n) is 3.65. The van der Waals surface area contributed by atoms with E-state index in [1.807, 2.05) is 19.9 Å². The zero-order valence-corrected chi connectivity index (χ0v) is 19.6. The standard InChI is InChI=1S/C23H24N4O2.C2H3F3/c1-14(2)28-21-5-4-18(11-19(21)13-24)23-26-22(27-29-23)20-12-17-7-9-25-8-6-16(17)10-15(20)3;1-2(3,4)5/h4-5,10-12,14,25H,6-9H2,1-3H3;1H3. The normalized spacial score (nSPS) is 13.4. The molecule has 0 atom stereocenters. The fraction of sp³-hybridized carbons (Fsp3) is 0.400. The van der Waals surface area contributed by atoms with Crippen LogP contribution in [0, 0.1) is 18.3 Å². The maximum absolute atomic E-state index is 10.4. The average molecular weight is 473 g/mol. The molecule has 34 heavy (non-hydrogen) atoms. The van der Waals surface area contributed by atoms with E-state index in [1.54, 1.807) is 12.1 Å². The third kappa shape index (κ3) is 6.81. The Bertz CT molecular complexity index is 1170. The van der Waals surface area contributed by atoms with Crippen LogP contribution in [0.2, 0.25) is 0 Å². The van der Waals surface area contributed by atoms with Gasteiger partial charge in [0, 0.05) is 18.1 Å². The van der Waals surface area contributed by atoms with E-state index in [0.29, 0.717) is 28.6 Å². The first-order valence-electron chi connectivity index (χ1n) is 11.0. The molecule has 0 aliphatic carbocycles. The Hall–Kier alpha value is -3.38. The molecule has 0 amide bonds. The van der Waals surface area contributed by atoms with Crippen molar-refractivity contribution in [3.8, 4) is 34.7 Å². The summed E-state index contributed by atoms with van der Waals surface area (Å²) in [6.07, 6.45) is -1.97. The van der Waals surface area contributed by atoms with E-state index >= 15 is 0 Å². The second kappa shape index (κ2) is 10.7. The van der Waals surface area contributed by atoms with Crippen LogP contribution < -0.4 is 10.1 Å². The highest BCUT2D eigenvalue weighted by atomic mass is 19.4. The maximum atomic E-state index is 10.4. The molecule has 6 nitrogen and oxygen atoms in total. The van der Waals surface area contributed by atoms with Gasteiger partial charge < -0.3 is 14.6 Å². The number of fused-ring (bicyclic) bond motifs is 1. The van der Waals surface area contributed by atoms with Gasteiger partial charge in [-0.2, -0.15) is 23.4 Å². The second-order valence-corrected chi connectivity index (χ2v) is 8.38. The molecule has 3 aromatic rings. The fourth-order valence-corrected chi connectivity index (χ4v) is 3.65. The summed E-state index contributed by atoms with van der Waals surface area (Å²) < 4.78 is 42.3. The number of alkyl halides is 3. The number of nitriles is 1. The van der Waals surface area contributed by atoms with Crippen LogP contribution in [0.1, 0.15) is 43.0 Å². The van der Waals surface area contributed by atoms with E-state index < -0.39 is 6.18 Å². The zero-order valence-electron chi connectivity index (χ0n) is 19.6. The van der Waals surface area contributed by atoms with Gasteiger partial charge in [0.2, 0.25) is 5.82 Å². The number of halogens is 3. The van der Waals surface area contributed by atoms with Crippen molar-refractivity contribution < 1.29 is 22.4 Å². The van der Waals surface area contributed by atoms with Crippen molar-refractivity contribution in [1.29, 1.82) is 5.26 Å². The van der Waals surface area contributed by atoms with Gasteiger partial charge in [0.1, 0.15) is 11.8 Å². The molecule has 2 aromatic carbocycles. The molecule has 1 N–H and O–H groups in total. The minimum atomic E-state index is -4.00. The topological polar surface area (TPSA) is 84.0 Å². The number of benzene rings is 2. The van der Waals surface area contributed by atoms with Crippen LogP contribution in [0.25, 0.3) is 22.8 Å². The highest BCUT2D eigenvalue weighted by Gasteiger charge is 2.18. The van der Waals surface area contributed by atoms with Gasteiger partial charge in [-0.1, -0.05) is 11.2 Å². The summed E-state index contributed by atoms with van der Waals surface area (Å²) in [4.78, 5) is 4.61.